The van der Waals surface area contributed by atoms with Gasteiger partial charge in [0, 0.05) is 47.5 Å². The number of amides is 1. The van der Waals surface area contributed by atoms with Gasteiger partial charge in [0.2, 0.25) is 0 Å². The molecule has 0 bridgehead atoms. The maximum atomic E-state index is 13.2. The summed E-state index contributed by atoms with van der Waals surface area (Å²) in [6.07, 6.45) is 9.13. The van der Waals surface area contributed by atoms with Gasteiger partial charge >= 0.3 is 0 Å². The number of carbonyl (C=O) groups is 1. The van der Waals surface area contributed by atoms with E-state index in [0.29, 0.717) is 17.0 Å². The highest BCUT2D eigenvalue weighted by Crippen LogP contribution is 2.42. The number of hydrogen-bond donors (Lipinski definition) is 0. The molecule has 176 valence electrons. The van der Waals surface area contributed by atoms with Crippen LogP contribution in [0.3, 0.4) is 0 Å². The van der Waals surface area contributed by atoms with E-state index in [9.17, 15) is 10.1 Å². The van der Waals surface area contributed by atoms with Crippen molar-refractivity contribution in [1.82, 2.24) is 4.90 Å². The number of fused-ring (bicyclic) bond motifs is 1. The molecule has 2 aliphatic heterocycles. The molecule has 1 saturated heterocycles. The zero-order valence-corrected chi connectivity index (χ0v) is 20.7. The minimum atomic E-state index is 0.0440. The summed E-state index contributed by atoms with van der Waals surface area (Å²) in [5.74, 6) is 0.524. The lowest BCUT2D eigenvalue weighted by atomic mass is 9.81. The third kappa shape index (κ3) is 4.46. The summed E-state index contributed by atoms with van der Waals surface area (Å²) >= 11 is 6.35. The number of piperidine rings is 1. The fraction of sp³-hybridized carbons (Fsp3) is 0.448. The van der Waals surface area contributed by atoms with Gasteiger partial charge in [-0.2, -0.15) is 5.26 Å². The van der Waals surface area contributed by atoms with Crippen molar-refractivity contribution in [3.8, 4) is 6.07 Å². The second kappa shape index (κ2) is 9.84. The minimum Gasteiger partial charge on any atom is -0.345 e. The summed E-state index contributed by atoms with van der Waals surface area (Å²) in [4.78, 5) is 17.8. The molecule has 0 radical (unpaired) electrons. The molecule has 0 aromatic heterocycles. The molecule has 2 aromatic rings. The van der Waals surface area contributed by atoms with Crippen molar-refractivity contribution in [3.05, 3.63) is 74.9 Å². The Morgan fingerprint density at radius 1 is 1.00 bits per heavy atom. The van der Waals surface area contributed by atoms with Crippen LogP contribution in [-0.2, 0) is 6.42 Å². The van der Waals surface area contributed by atoms with Crippen LogP contribution in [0.1, 0.15) is 72.0 Å². The molecule has 3 aliphatic rings. The molecule has 5 rings (SSSR count). The quantitative estimate of drug-likeness (QED) is 0.501. The lowest BCUT2D eigenvalue weighted by Gasteiger charge is -2.41. The summed E-state index contributed by atoms with van der Waals surface area (Å²) < 4.78 is 0. The van der Waals surface area contributed by atoms with E-state index in [-0.39, 0.29) is 5.91 Å². The first-order valence-corrected chi connectivity index (χ1v) is 13.0. The maximum Gasteiger partial charge on any atom is 0.253 e. The monoisotopic (exact) mass is 473 g/mol. The lowest BCUT2D eigenvalue weighted by Crippen LogP contribution is -2.41. The van der Waals surface area contributed by atoms with Gasteiger partial charge in [0.1, 0.15) is 0 Å². The third-order valence-electron chi connectivity index (χ3n) is 7.79. The Morgan fingerprint density at radius 3 is 2.50 bits per heavy atom. The fourth-order valence-corrected chi connectivity index (χ4v) is 5.89. The summed E-state index contributed by atoms with van der Waals surface area (Å²) in [5.41, 5.74) is 7.96. The van der Waals surface area contributed by atoms with E-state index < -0.39 is 0 Å². The Balaban J connectivity index is 1.36. The Hall–Kier alpha value is -2.77. The third-order valence-corrected chi connectivity index (χ3v) is 8.03. The molecule has 1 amide bonds. The molecular formula is C29H32ClN3O. The highest BCUT2D eigenvalue weighted by molar-refractivity contribution is 6.30. The fourth-order valence-electron chi connectivity index (χ4n) is 5.70. The molecule has 0 unspecified atom stereocenters. The SMILES string of the molecule is Cc1ccc(C(=O)N2CCC(C(=C3CCC3)N3CCCCc4cc(Cl)ccc43)CC2)cc1C#N. The molecule has 2 heterocycles. The summed E-state index contributed by atoms with van der Waals surface area (Å²) in [6.45, 7) is 4.49. The van der Waals surface area contributed by atoms with Crippen LogP contribution in [0.25, 0.3) is 0 Å². The molecule has 2 aromatic carbocycles. The van der Waals surface area contributed by atoms with E-state index in [0.717, 1.165) is 49.5 Å². The van der Waals surface area contributed by atoms with Gasteiger partial charge in [-0.3, -0.25) is 4.79 Å². The van der Waals surface area contributed by atoms with E-state index >= 15 is 0 Å². The number of aryl methyl sites for hydroxylation is 2. The maximum absolute atomic E-state index is 13.2. The number of nitriles is 1. The van der Waals surface area contributed by atoms with Gasteiger partial charge in [0.25, 0.3) is 5.91 Å². The average molecular weight is 474 g/mol. The average Bonchev–Trinajstić information content (AvgIpc) is 3.03. The van der Waals surface area contributed by atoms with Crippen LogP contribution in [0.4, 0.5) is 5.69 Å². The Labute approximate surface area is 207 Å². The lowest BCUT2D eigenvalue weighted by molar-refractivity contribution is 0.0700. The minimum absolute atomic E-state index is 0.0440. The van der Waals surface area contributed by atoms with Crippen LogP contribution < -0.4 is 4.90 Å². The van der Waals surface area contributed by atoms with Crippen LogP contribution in [0.15, 0.2) is 47.7 Å². The van der Waals surface area contributed by atoms with Crippen molar-refractivity contribution in [3.63, 3.8) is 0 Å². The van der Waals surface area contributed by atoms with Crippen molar-refractivity contribution < 1.29 is 4.79 Å². The van der Waals surface area contributed by atoms with Crippen LogP contribution in [0.2, 0.25) is 5.02 Å². The number of rotatable bonds is 3. The Kier molecular flexibility index (Phi) is 6.66. The molecule has 4 nitrogen and oxygen atoms in total. The second-order valence-corrected chi connectivity index (χ2v) is 10.4. The molecule has 0 spiro atoms. The van der Waals surface area contributed by atoms with E-state index in [1.165, 1.54) is 49.1 Å². The van der Waals surface area contributed by atoms with Crippen molar-refractivity contribution in [1.29, 1.82) is 5.26 Å². The first kappa shape index (κ1) is 23.0. The van der Waals surface area contributed by atoms with E-state index in [2.05, 4.69) is 23.1 Å². The van der Waals surface area contributed by atoms with E-state index in [1.54, 1.807) is 11.6 Å². The van der Waals surface area contributed by atoms with Crippen LogP contribution in [-0.4, -0.2) is 30.4 Å². The van der Waals surface area contributed by atoms with Crippen LogP contribution in [0, 0.1) is 24.2 Å². The van der Waals surface area contributed by atoms with Gasteiger partial charge in [0.05, 0.1) is 11.6 Å². The molecule has 1 saturated carbocycles. The van der Waals surface area contributed by atoms with Gasteiger partial charge in [-0.1, -0.05) is 23.2 Å². The summed E-state index contributed by atoms with van der Waals surface area (Å²) in [5, 5.41) is 10.2. The predicted molar refractivity (Wildman–Crippen MR) is 137 cm³/mol. The van der Waals surface area contributed by atoms with Gasteiger partial charge in [-0.15, -0.1) is 0 Å². The Morgan fingerprint density at radius 2 is 1.79 bits per heavy atom. The van der Waals surface area contributed by atoms with Gasteiger partial charge in [-0.25, -0.2) is 0 Å². The van der Waals surface area contributed by atoms with Crippen molar-refractivity contribution in [2.75, 3.05) is 24.5 Å². The first-order valence-electron chi connectivity index (χ1n) is 12.6. The number of halogens is 1. The normalized spacial score (nSPS) is 18.6. The second-order valence-electron chi connectivity index (χ2n) is 9.93. The topological polar surface area (TPSA) is 47.3 Å². The molecule has 5 heteroatoms. The van der Waals surface area contributed by atoms with Crippen molar-refractivity contribution >= 4 is 23.2 Å². The molecular weight excluding hydrogens is 442 g/mol. The van der Waals surface area contributed by atoms with Crippen LogP contribution in [0.5, 0.6) is 0 Å². The summed E-state index contributed by atoms with van der Waals surface area (Å²) in [6, 6.07) is 14.1. The molecule has 0 N–H and O–H groups in total. The standard InChI is InChI=1S/C29H32ClN3O/c1-20-8-9-24(17-25(20)19-31)29(34)32-15-12-22(13-16-32)28(21-6-4-7-21)33-14-3-2-5-23-18-26(30)10-11-27(23)33/h8-11,17-18,22H,2-7,12-16H2,1H3. The van der Waals surface area contributed by atoms with E-state index in [4.69, 9.17) is 11.6 Å². The largest absolute Gasteiger partial charge is 0.345 e. The van der Waals surface area contributed by atoms with Gasteiger partial charge < -0.3 is 9.80 Å². The smallest absolute Gasteiger partial charge is 0.253 e. The highest BCUT2D eigenvalue weighted by atomic mass is 35.5. The summed E-state index contributed by atoms with van der Waals surface area (Å²) in [7, 11) is 0. The van der Waals surface area contributed by atoms with Crippen molar-refractivity contribution in [2.24, 2.45) is 5.92 Å². The first-order chi connectivity index (χ1) is 16.5. The molecule has 0 atom stereocenters. The molecule has 34 heavy (non-hydrogen) atoms. The number of likely N-dealkylation sites (tertiary alicyclic amines) is 1. The van der Waals surface area contributed by atoms with Gasteiger partial charge in [0.15, 0.2) is 0 Å². The zero-order chi connectivity index (χ0) is 23.7. The number of anilines is 1. The number of allylic oxidation sites excluding steroid dienone is 2. The number of nitrogens with zero attached hydrogens (tertiary/aromatic N) is 3. The zero-order valence-electron chi connectivity index (χ0n) is 19.9. The Bertz CT molecular complexity index is 1160. The highest BCUT2D eigenvalue weighted by Gasteiger charge is 2.33. The number of carbonyl (C=O) groups excluding carboxylic acids is 1. The number of hydrogen-bond acceptors (Lipinski definition) is 3. The molecule has 2 fully saturated rings. The molecule has 1 aliphatic carbocycles. The number of benzene rings is 2. The van der Waals surface area contributed by atoms with Crippen molar-refractivity contribution in [2.45, 2.75) is 58.3 Å². The predicted octanol–water partition coefficient (Wildman–Crippen LogP) is 6.65. The van der Waals surface area contributed by atoms with E-state index in [1.807, 2.05) is 30.0 Å². The van der Waals surface area contributed by atoms with Crippen LogP contribution >= 0.6 is 11.6 Å². The van der Waals surface area contributed by atoms with Gasteiger partial charge in [-0.05, 0) is 99.7 Å².